The van der Waals surface area contributed by atoms with Crippen LogP contribution in [0, 0.1) is 5.92 Å². The van der Waals surface area contributed by atoms with Crippen molar-refractivity contribution in [3.63, 3.8) is 0 Å². The molecular weight excluding hydrogens is 264 g/mol. The Morgan fingerprint density at radius 2 is 2.05 bits per heavy atom. The molecule has 1 aliphatic carbocycles. The van der Waals surface area contributed by atoms with Crippen LogP contribution in [0.5, 0.6) is 0 Å². The highest BCUT2D eigenvalue weighted by molar-refractivity contribution is 5.88. The number of carbonyl (C=O) groups is 1. The molecule has 3 atom stereocenters. The Labute approximate surface area is 125 Å². The highest BCUT2D eigenvalue weighted by atomic mass is 16.4. The largest absolute Gasteiger partial charge is 0.478 e. The summed E-state index contributed by atoms with van der Waals surface area (Å²) in [6, 6.07) is 8.27. The summed E-state index contributed by atoms with van der Waals surface area (Å²) in [7, 11) is 0. The summed E-state index contributed by atoms with van der Waals surface area (Å²) >= 11 is 0. The molecule has 4 nitrogen and oxygen atoms in total. The fourth-order valence-electron chi connectivity index (χ4n) is 3.85. The number of carboxylic acids is 1. The van der Waals surface area contributed by atoms with E-state index in [1.807, 2.05) is 12.1 Å². The van der Waals surface area contributed by atoms with Crippen LogP contribution in [0.1, 0.15) is 48.9 Å². The molecule has 2 fully saturated rings. The summed E-state index contributed by atoms with van der Waals surface area (Å²) < 4.78 is 0. The molecule has 0 radical (unpaired) electrons. The second kappa shape index (κ2) is 6.48. The second-order valence-electron chi connectivity index (χ2n) is 6.29. The minimum Gasteiger partial charge on any atom is -0.478 e. The number of hydrogen-bond donors (Lipinski definition) is 3. The van der Waals surface area contributed by atoms with Crippen molar-refractivity contribution in [3.05, 3.63) is 29.8 Å². The maximum atomic E-state index is 11.1. The van der Waals surface area contributed by atoms with E-state index in [1.54, 1.807) is 12.1 Å². The maximum Gasteiger partial charge on any atom is 0.335 e. The number of rotatable bonds is 4. The van der Waals surface area contributed by atoms with E-state index in [0.717, 1.165) is 12.2 Å². The zero-order chi connectivity index (χ0) is 14.7. The van der Waals surface area contributed by atoms with Crippen LogP contribution in [-0.4, -0.2) is 29.7 Å². The normalized spacial score (nSPS) is 29.2. The molecule has 3 N–H and O–H groups in total. The lowest BCUT2D eigenvalue weighted by atomic mass is 9.79. The van der Waals surface area contributed by atoms with Crippen LogP contribution in [0.4, 0.5) is 5.69 Å². The summed E-state index contributed by atoms with van der Waals surface area (Å²) in [5.41, 5.74) is 1.29. The first-order valence-corrected chi connectivity index (χ1v) is 8.07. The Bertz CT molecular complexity index is 497. The number of hydrogen-bond acceptors (Lipinski definition) is 3. The fraction of sp³-hybridized carbons (Fsp3) is 0.588. The molecule has 0 amide bonds. The third kappa shape index (κ3) is 3.38. The molecule has 0 spiro atoms. The highest BCUT2D eigenvalue weighted by Crippen LogP contribution is 2.32. The van der Waals surface area contributed by atoms with Crippen molar-refractivity contribution < 1.29 is 9.90 Å². The molecular formula is C17H24N2O2. The molecule has 0 bridgehead atoms. The fourth-order valence-corrected chi connectivity index (χ4v) is 3.85. The maximum absolute atomic E-state index is 11.1. The van der Waals surface area contributed by atoms with E-state index in [2.05, 4.69) is 10.6 Å². The van der Waals surface area contributed by atoms with Gasteiger partial charge < -0.3 is 15.7 Å². The van der Waals surface area contributed by atoms with E-state index in [1.165, 1.54) is 38.5 Å². The van der Waals surface area contributed by atoms with E-state index in [9.17, 15) is 4.79 Å². The van der Waals surface area contributed by atoms with Gasteiger partial charge in [0.1, 0.15) is 0 Å². The first kappa shape index (κ1) is 14.4. The number of benzene rings is 1. The summed E-state index contributed by atoms with van der Waals surface area (Å²) in [5.74, 6) is -0.203. The van der Waals surface area contributed by atoms with Crippen LogP contribution >= 0.6 is 0 Å². The minimum atomic E-state index is -0.865. The lowest BCUT2D eigenvalue weighted by molar-refractivity contribution is 0.0697. The quantitative estimate of drug-likeness (QED) is 0.796. The van der Waals surface area contributed by atoms with Gasteiger partial charge >= 0.3 is 5.97 Å². The van der Waals surface area contributed by atoms with Gasteiger partial charge in [-0.25, -0.2) is 4.79 Å². The Balaban J connectivity index is 1.71. The van der Waals surface area contributed by atoms with E-state index in [-0.39, 0.29) is 0 Å². The second-order valence-corrected chi connectivity index (χ2v) is 6.29. The van der Waals surface area contributed by atoms with Crippen molar-refractivity contribution in [1.29, 1.82) is 0 Å². The molecule has 1 aromatic rings. The van der Waals surface area contributed by atoms with Crippen molar-refractivity contribution >= 4 is 11.7 Å². The van der Waals surface area contributed by atoms with Crippen LogP contribution in [0.2, 0.25) is 0 Å². The molecule has 2 aliphatic rings. The van der Waals surface area contributed by atoms with Crippen molar-refractivity contribution in [2.24, 2.45) is 5.92 Å². The zero-order valence-electron chi connectivity index (χ0n) is 12.3. The molecule has 0 aromatic heterocycles. The SMILES string of the molecule is O=C(O)c1cccc(NC2CCCCC2C2CCCN2)c1. The molecule has 4 heteroatoms. The third-order valence-electron chi connectivity index (χ3n) is 4.90. The highest BCUT2D eigenvalue weighted by Gasteiger charge is 2.33. The van der Waals surface area contributed by atoms with Crippen LogP contribution in [0.3, 0.4) is 0 Å². The summed E-state index contributed by atoms with van der Waals surface area (Å²) in [4.78, 5) is 11.1. The number of nitrogens with one attached hydrogen (secondary N) is 2. The molecule has 21 heavy (non-hydrogen) atoms. The van der Waals surface area contributed by atoms with E-state index in [4.69, 9.17) is 5.11 Å². The van der Waals surface area contributed by atoms with Crippen LogP contribution in [0.15, 0.2) is 24.3 Å². The Morgan fingerprint density at radius 1 is 1.19 bits per heavy atom. The average molecular weight is 288 g/mol. The van der Waals surface area contributed by atoms with Gasteiger partial charge in [-0.15, -0.1) is 0 Å². The van der Waals surface area contributed by atoms with E-state index >= 15 is 0 Å². The zero-order valence-corrected chi connectivity index (χ0v) is 12.3. The molecule has 114 valence electrons. The van der Waals surface area contributed by atoms with Crippen molar-refractivity contribution in [2.75, 3.05) is 11.9 Å². The lowest BCUT2D eigenvalue weighted by Crippen LogP contribution is -2.43. The van der Waals surface area contributed by atoms with Gasteiger partial charge in [0, 0.05) is 17.8 Å². The van der Waals surface area contributed by atoms with Gasteiger partial charge in [-0.2, -0.15) is 0 Å². The predicted molar refractivity (Wildman–Crippen MR) is 83.8 cm³/mol. The standard InChI is InChI=1S/C17H24N2O2/c20-17(21)12-5-3-6-13(11-12)19-16-8-2-1-7-14(16)15-9-4-10-18-15/h3,5-6,11,14-16,18-19H,1-2,4,7-10H2,(H,20,21). The van der Waals surface area contributed by atoms with Gasteiger partial charge in [0.2, 0.25) is 0 Å². The molecule has 1 saturated carbocycles. The van der Waals surface area contributed by atoms with Crippen LogP contribution < -0.4 is 10.6 Å². The Kier molecular flexibility index (Phi) is 4.44. The van der Waals surface area contributed by atoms with Gasteiger partial charge in [0.25, 0.3) is 0 Å². The van der Waals surface area contributed by atoms with Crippen molar-refractivity contribution in [1.82, 2.24) is 5.32 Å². The summed E-state index contributed by atoms with van der Waals surface area (Å²) in [6.07, 6.45) is 7.59. The third-order valence-corrected chi connectivity index (χ3v) is 4.90. The van der Waals surface area contributed by atoms with E-state index in [0.29, 0.717) is 23.6 Å². The van der Waals surface area contributed by atoms with Gasteiger partial charge in [-0.3, -0.25) is 0 Å². The number of carboxylic acid groups (broad SMARTS) is 1. The average Bonchev–Trinajstić information content (AvgIpc) is 3.02. The molecule has 1 aromatic carbocycles. The van der Waals surface area contributed by atoms with E-state index < -0.39 is 5.97 Å². The topological polar surface area (TPSA) is 61.4 Å². The van der Waals surface area contributed by atoms with Crippen molar-refractivity contribution in [2.45, 2.75) is 50.6 Å². The molecule has 3 rings (SSSR count). The molecule has 3 unspecified atom stereocenters. The monoisotopic (exact) mass is 288 g/mol. The Hall–Kier alpha value is -1.55. The predicted octanol–water partition coefficient (Wildman–Crippen LogP) is 3.11. The van der Waals surface area contributed by atoms with Gasteiger partial charge in [0.05, 0.1) is 5.56 Å². The molecule has 1 aliphatic heterocycles. The Morgan fingerprint density at radius 3 is 2.81 bits per heavy atom. The van der Waals surface area contributed by atoms with Crippen LogP contribution in [-0.2, 0) is 0 Å². The van der Waals surface area contributed by atoms with Gasteiger partial charge in [-0.05, 0) is 56.3 Å². The number of anilines is 1. The molecule has 1 saturated heterocycles. The van der Waals surface area contributed by atoms with Crippen LogP contribution in [0.25, 0.3) is 0 Å². The van der Waals surface area contributed by atoms with Gasteiger partial charge in [-0.1, -0.05) is 18.9 Å². The smallest absolute Gasteiger partial charge is 0.335 e. The first-order chi connectivity index (χ1) is 10.2. The molecule has 1 heterocycles. The lowest BCUT2D eigenvalue weighted by Gasteiger charge is -2.36. The minimum absolute atomic E-state index is 0.353. The summed E-state index contributed by atoms with van der Waals surface area (Å²) in [6.45, 7) is 1.14. The van der Waals surface area contributed by atoms with Gasteiger partial charge in [0.15, 0.2) is 0 Å². The number of aromatic carboxylic acids is 1. The van der Waals surface area contributed by atoms with Crippen molar-refractivity contribution in [3.8, 4) is 0 Å². The summed E-state index contributed by atoms with van der Waals surface area (Å²) in [5, 5.41) is 16.3. The first-order valence-electron chi connectivity index (χ1n) is 8.07.